The third-order valence-corrected chi connectivity index (χ3v) is 3.48. The van der Waals surface area contributed by atoms with E-state index in [-0.39, 0.29) is 6.61 Å². The highest BCUT2D eigenvalue weighted by Gasteiger charge is 2.05. The van der Waals surface area contributed by atoms with Crippen molar-refractivity contribution in [3.63, 3.8) is 0 Å². The number of aliphatic hydroxyl groups excluding tert-OH is 1. The zero-order valence-electron chi connectivity index (χ0n) is 9.36. The Bertz CT molecular complexity index is 291. The second kappa shape index (κ2) is 6.88. The average molecular weight is 225 g/mol. The number of rotatable bonds is 6. The molecule has 84 valence electrons. The van der Waals surface area contributed by atoms with E-state index in [9.17, 15) is 0 Å². The predicted molar refractivity (Wildman–Crippen MR) is 66.5 cm³/mol. The second-order valence-electron chi connectivity index (χ2n) is 3.63. The molecule has 0 saturated heterocycles. The molecule has 0 heterocycles. The van der Waals surface area contributed by atoms with Crippen LogP contribution < -0.4 is 5.32 Å². The summed E-state index contributed by atoms with van der Waals surface area (Å²) in [6, 6.07) is 8.89. The molecular formula is C12H19NOS. The van der Waals surface area contributed by atoms with Gasteiger partial charge in [-0.2, -0.15) is 0 Å². The number of aryl methyl sites for hydroxylation is 1. The summed E-state index contributed by atoms with van der Waals surface area (Å²) in [6.07, 6.45) is 0.815. The molecule has 15 heavy (non-hydrogen) atoms. The number of hydrogen-bond acceptors (Lipinski definition) is 3. The van der Waals surface area contributed by atoms with Gasteiger partial charge in [0.2, 0.25) is 0 Å². The first kappa shape index (κ1) is 12.6. The molecular weight excluding hydrogens is 206 g/mol. The van der Waals surface area contributed by atoms with Gasteiger partial charge in [-0.05, 0) is 32.5 Å². The molecule has 0 aromatic heterocycles. The van der Waals surface area contributed by atoms with Crippen molar-refractivity contribution in [2.24, 2.45) is 0 Å². The highest BCUT2D eigenvalue weighted by molar-refractivity contribution is 7.99. The largest absolute Gasteiger partial charge is 0.396 e. The van der Waals surface area contributed by atoms with Crippen LogP contribution >= 0.6 is 11.8 Å². The van der Waals surface area contributed by atoms with Gasteiger partial charge < -0.3 is 10.4 Å². The molecule has 1 unspecified atom stereocenters. The molecule has 1 atom stereocenters. The van der Waals surface area contributed by atoms with E-state index in [4.69, 9.17) is 5.11 Å². The molecule has 0 spiro atoms. The van der Waals surface area contributed by atoms with Gasteiger partial charge in [0.1, 0.15) is 0 Å². The Labute approximate surface area is 96.1 Å². The summed E-state index contributed by atoms with van der Waals surface area (Å²) >= 11 is 1.83. The van der Waals surface area contributed by atoms with Crippen LogP contribution in [0, 0.1) is 6.92 Å². The van der Waals surface area contributed by atoms with Gasteiger partial charge in [-0.3, -0.25) is 0 Å². The Hall–Kier alpha value is -0.510. The van der Waals surface area contributed by atoms with Crippen LogP contribution in [0.3, 0.4) is 0 Å². The van der Waals surface area contributed by atoms with Crippen molar-refractivity contribution < 1.29 is 5.11 Å². The summed E-state index contributed by atoms with van der Waals surface area (Å²) in [5.74, 6) is 1.00. The fraction of sp³-hybridized carbons (Fsp3) is 0.500. The van der Waals surface area contributed by atoms with E-state index in [2.05, 4.69) is 36.5 Å². The minimum Gasteiger partial charge on any atom is -0.396 e. The summed E-state index contributed by atoms with van der Waals surface area (Å²) in [4.78, 5) is 1.30. The molecule has 3 heteroatoms. The lowest BCUT2D eigenvalue weighted by Gasteiger charge is -2.14. The third kappa shape index (κ3) is 4.69. The molecule has 1 aromatic rings. The van der Waals surface area contributed by atoms with E-state index in [1.165, 1.54) is 10.5 Å². The van der Waals surface area contributed by atoms with Crippen LogP contribution in [0.5, 0.6) is 0 Å². The van der Waals surface area contributed by atoms with Crippen LogP contribution in [0.2, 0.25) is 0 Å². The second-order valence-corrected chi connectivity index (χ2v) is 4.72. The smallest absolute Gasteiger partial charge is 0.0446 e. The van der Waals surface area contributed by atoms with E-state index in [1.54, 1.807) is 0 Å². The molecule has 2 N–H and O–H groups in total. The fourth-order valence-electron chi connectivity index (χ4n) is 1.37. The Morgan fingerprint density at radius 2 is 2.27 bits per heavy atom. The highest BCUT2D eigenvalue weighted by Crippen LogP contribution is 2.20. The summed E-state index contributed by atoms with van der Waals surface area (Å²) < 4.78 is 0. The zero-order chi connectivity index (χ0) is 11.1. The predicted octanol–water partition coefficient (Wildman–Crippen LogP) is 2.06. The molecule has 0 radical (unpaired) electrons. The first-order valence-electron chi connectivity index (χ1n) is 5.24. The van der Waals surface area contributed by atoms with Crippen molar-refractivity contribution in [3.8, 4) is 0 Å². The standard InChI is InChI=1S/C12H19NOS/c1-10-4-3-5-12(8-10)15-9-11(13-2)6-7-14/h3-5,8,11,13-14H,6-7,9H2,1-2H3. The van der Waals surface area contributed by atoms with Gasteiger partial charge in [-0.25, -0.2) is 0 Å². The van der Waals surface area contributed by atoms with Crippen LogP contribution in [0.15, 0.2) is 29.2 Å². The van der Waals surface area contributed by atoms with E-state index in [0.29, 0.717) is 6.04 Å². The van der Waals surface area contributed by atoms with Crippen molar-refractivity contribution in [2.75, 3.05) is 19.4 Å². The van der Waals surface area contributed by atoms with Crippen molar-refractivity contribution in [3.05, 3.63) is 29.8 Å². The van der Waals surface area contributed by atoms with E-state index < -0.39 is 0 Å². The van der Waals surface area contributed by atoms with Crippen molar-refractivity contribution in [1.82, 2.24) is 5.32 Å². The Morgan fingerprint density at radius 3 is 2.87 bits per heavy atom. The maximum absolute atomic E-state index is 8.86. The summed E-state index contributed by atoms with van der Waals surface area (Å²) in [5.41, 5.74) is 1.29. The number of nitrogens with one attached hydrogen (secondary N) is 1. The quantitative estimate of drug-likeness (QED) is 0.727. The Balaban J connectivity index is 2.41. The molecule has 0 saturated carbocycles. The van der Waals surface area contributed by atoms with E-state index in [0.717, 1.165) is 12.2 Å². The van der Waals surface area contributed by atoms with Gasteiger partial charge in [0.25, 0.3) is 0 Å². The molecule has 2 nitrogen and oxygen atoms in total. The minimum absolute atomic E-state index is 0.250. The molecule has 0 aliphatic rings. The average Bonchev–Trinajstić information content (AvgIpc) is 2.24. The first-order valence-corrected chi connectivity index (χ1v) is 6.22. The molecule has 0 bridgehead atoms. The number of hydrogen-bond donors (Lipinski definition) is 2. The Kier molecular flexibility index (Phi) is 5.76. The van der Waals surface area contributed by atoms with E-state index >= 15 is 0 Å². The van der Waals surface area contributed by atoms with Crippen molar-refractivity contribution in [1.29, 1.82) is 0 Å². The van der Waals surface area contributed by atoms with Gasteiger partial charge in [0, 0.05) is 23.3 Å². The topological polar surface area (TPSA) is 32.3 Å². The highest BCUT2D eigenvalue weighted by atomic mass is 32.2. The van der Waals surface area contributed by atoms with Gasteiger partial charge in [0.05, 0.1) is 0 Å². The lowest BCUT2D eigenvalue weighted by atomic mass is 10.2. The van der Waals surface area contributed by atoms with Crippen LogP contribution in [-0.4, -0.2) is 30.6 Å². The van der Waals surface area contributed by atoms with Gasteiger partial charge in [0.15, 0.2) is 0 Å². The number of aliphatic hydroxyl groups is 1. The van der Waals surface area contributed by atoms with Gasteiger partial charge >= 0.3 is 0 Å². The molecule has 0 fully saturated rings. The van der Waals surface area contributed by atoms with Gasteiger partial charge in [-0.15, -0.1) is 11.8 Å². The molecule has 0 aliphatic carbocycles. The molecule has 1 aromatic carbocycles. The zero-order valence-corrected chi connectivity index (χ0v) is 10.2. The lowest BCUT2D eigenvalue weighted by Crippen LogP contribution is -2.28. The first-order chi connectivity index (χ1) is 7.26. The van der Waals surface area contributed by atoms with Crippen LogP contribution in [-0.2, 0) is 0 Å². The summed E-state index contributed by atoms with van der Waals surface area (Å²) in [6.45, 7) is 2.35. The van der Waals surface area contributed by atoms with Gasteiger partial charge in [-0.1, -0.05) is 17.7 Å². The maximum atomic E-state index is 8.86. The SMILES string of the molecule is CNC(CCO)CSc1cccc(C)c1. The third-order valence-electron chi connectivity index (χ3n) is 2.33. The monoisotopic (exact) mass is 225 g/mol. The Morgan fingerprint density at radius 1 is 1.47 bits per heavy atom. The van der Waals surface area contributed by atoms with Crippen LogP contribution in [0.1, 0.15) is 12.0 Å². The normalized spacial score (nSPS) is 12.7. The summed E-state index contributed by atoms with van der Waals surface area (Å²) in [5, 5.41) is 12.1. The van der Waals surface area contributed by atoms with Crippen molar-refractivity contribution in [2.45, 2.75) is 24.3 Å². The fourth-order valence-corrected chi connectivity index (χ4v) is 2.54. The number of benzene rings is 1. The maximum Gasteiger partial charge on any atom is 0.0446 e. The number of thioether (sulfide) groups is 1. The minimum atomic E-state index is 0.250. The molecule has 0 aliphatic heterocycles. The molecule has 0 amide bonds. The lowest BCUT2D eigenvalue weighted by molar-refractivity contribution is 0.273. The van der Waals surface area contributed by atoms with Crippen LogP contribution in [0.25, 0.3) is 0 Å². The van der Waals surface area contributed by atoms with Crippen molar-refractivity contribution >= 4 is 11.8 Å². The van der Waals surface area contributed by atoms with E-state index in [1.807, 2.05) is 18.8 Å². The molecule has 1 rings (SSSR count). The summed E-state index contributed by atoms with van der Waals surface area (Å²) in [7, 11) is 1.94. The van der Waals surface area contributed by atoms with Crippen LogP contribution in [0.4, 0.5) is 0 Å².